The Balaban J connectivity index is 2.40. The molecule has 1 aromatic heterocycles. The van der Waals surface area contributed by atoms with Crippen molar-refractivity contribution in [2.24, 2.45) is 0 Å². The number of rotatable bonds is 6. The van der Waals surface area contributed by atoms with Crippen molar-refractivity contribution in [3.8, 4) is 0 Å². The van der Waals surface area contributed by atoms with Crippen LogP contribution in [0.25, 0.3) is 0 Å². The summed E-state index contributed by atoms with van der Waals surface area (Å²) in [6, 6.07) is 0. The second kappa shape index (κ2) is 6.60. The lowest BCUT2D eigenvalue weighted by atomic mass is 10.2. The van der Waals surface area contributed by atoms with Gasteiger partial charge in [0.25, 0.3) is 5.91 Å². The van der Waals surface area contributed by atoms with Crippen LogP contribution in [0.5, 0.6) is 0 Å². The zero-order valence-corrected chi connectivity index (χ0v) is 10.9. The number of nitrogens with one attached hydrogen (secondary N) is 2. The van der Waals surface area contributed by atoms with Gasteiger partial charge in [0.2, 0.25) is 0 Å². The van der Waals surface area contributed by atoms with Gasteiger partial charge in [0.05, 0.1) is 5.01 Å². The Labute approximate surface area is 100 Å². The van der Waals surface area contributed by atoms with Gasteiger partial charge in [0, 0.05) is 17.8 Å². The van der Waals surface area contributed by atoms with E-state index in [0.29, 0.717) is 18.2 Å². The fourth-order valence-electron chi connectivity index (χ4n) is 1.21. The van der Waals surface area contributed by atoms with Crippen LogP contribution in [0.2, 0.25) is 0 Å². The highest BCUT2D eigenvalue weighted by Gasteiger charge is 2.11. The van der Waals surface area contributed by atoms with E-state index in [-0.39, 0.29) is 5.91 Å². The van der Waals surface area contributed by atoms with Gasteiger partial charge < -0.3 is 10.6 Å². The quantitative estimate of drug-likeness (QED) is 0.744. The van der Waals surface area contributed by atoms with Gasteiger partial charge in [-0.3, -0.25) is 4.79 Å². The minimum atomic E-state index is -0.0701. The van der Waals surface area contributed by atoms with Gasteiger partial charge in [0.15, 0.2) is 0 Å². The van der Waals surface area contributed by atoms with Crippen molar-refractivity contribution < 1.29 is 4.79 Å². The number of hydrogen-bond donors (Lipinski definition) is 2. The number of amides is 1. The van der Waals surface area contributed by atoms with Crippen molar-refractivity contribution >= 4 is 17.2 Å². The van der Waals surface area contributed by atoms with Crippen LogP contribution in [0.1, 0.15) is 41.7 Å². The molecule has 0 aliphatic heterocycles. The molecule has 0 unspecified atom stereocenters. The molecule has 1 aromatic rings. The smallest absolute Gasteiger partial charge is 0.270 e. The van der Waals surface area contributed by atoms with Crippen molar-refractivity contribution in [3.05, 3.63) is 16.1 Å². The van der Waals surface area contributed by atoms with Crippen LogP contribution in [0.3, 0.4) is 0 Å². The van der Waals surface area contributed by atoms with Crippen molar-refractivity contribution in [1.29, 1.82) is 0 Å². The Hall–Kier alpha value is -0.940. The Morgan fingerprint density at radius 2 is 2.25 bits per heavy atom. The molecule has 0 spiro atoms. The van der Waals surface area contributed by atoms with Crippen LogP contribution in [-0.2, 0) is 0 Å². The number of hydrogen-bond acceptors (Lipinski definition) is 4. The average molecular weight is 241 g/mol. The van der Waals surface area contributed by atoms with E-state index in [0.717, 1.165) is 18.0 Å². The molecule has 0 aromatic carbocycles. The molecule has 1 rings (SSSR count). The molecule has 0 atom stereocenters. The topological polar surface area (TPSA) is 54.0 Å². The lowest BCUT2D eigenvalue weighted by molar-refractivity contribution is 0.0949. The number of aromatic nitrogens is 1. The van der Waals surface area contributed by atoms with Crippen LogP contribution in [0, 0.1) is 0 Å². The van der Waals surface area contributed by atoms with E-state index in [9.17, 15) is 4.79 Å². The molecule has 90 valence electrons. The average Bonchev–Trinajstić information content (AvgIpc) is 2.73. The fourth-order valence-corrected chi connectivity index (χ4v) is 2.03. The first-order chi connectivity index (χ1) is 7.65. The van der Waals surface area contributed by atoms with Crippen molar-refractivity contribution in [2.75, 3.05) is 20.1 Å². The summed E-state index contributed by atoms with van der Waals surface area (Å²) in [6.45, 7) is 5.75. The van der Waals surface area contributed by atoms with Crippen LogP contribution in [0.4, 0.5) is 0 Å². The molecule has 0 aliphatic rings. The predicted molar refractivity (Wildman–Crippen MR) is 67.1 cm³/mol. The van der Waals surface area contributed by atoms with E-state index >= 15 is 0 Å². The first-order valence-corrected chi connectivity index (χ1v) is 6.41. The van der Waals surface area contributed by atoms with Gasteiger partial charge in [0.1, 0.15) is 5.69 Å². The molecule has 1 heterocycles. The zero-order chi connectivity index (χ0) is 12.0. The number of carbonyl (C=O) groups is 1. The molecule has 0 saturated heterocycles. The van der Waals surface area contributed by atoms with Crippen LogP contribution >= 0.6 is 11.3 Å². The Morgan fingerprint density at radius 1 is 1.50 bits per heavy atom. The minimum absolute atomic E-state index is 0.0701. The van der Waals surface area contributed by atoms with E-state index in [4.69, 9.17) is 0 Å². The Morgan fingerprint density at radius 3 is 2.81 bits per heavy atom. The first-order valence-electron chi connectivity index (χ1n) is 5.53. The van der Waals surface area contributed by atoms with E-state index in [1.807, 2.05) is 12.4 Å². The fraction of sp³-hybridized carbons (Fsp3) is 0.636. The number of thiazole rings is 1. The third-order valence-corrected chi connectivity index (χ3v) is 3.28. The molecular weight excluding hydrogens is 222 g/mol. The summed E-state index contributed by atoms with van der Waals surface area (Å²) in [4.78, 5) is 16.0. The Bertz CT molecular complexity index is 336. The summed E-state index contributed by atoms with van der Waals surface area (Å²) in [5.41, 5.74) is 0.540. The van der Waals surface area contributed by atoms with Crippen LogP contribution in [0.15, 0.2) is 5.38 Å². The van der Waals surface area contributed by atoms with Gasteiger partial charge in [-0.2, -0.15) is 0 Å². The normalized spacial score (nSPS) is 10.8. The molecule has 2 N–H and O–H groups in total. The molecule has 1 amide bonds. The maximum absolute atomic E-state index is 11.7. The largest absolute Gasteiger partial charge is 0.351 e. The highest BCUT2D eigenvalue weighted by Crippen LogP contribution is 2.18. The van der Waals surface area contributed by atoms with E-state index in [2.05, 4.69) is 29.5 Å². The lowest BCUT2D eigenvalue weighted by Crippen LogP contribution is -2.26. The monoisotopic (exact) mass is 241 g/mol. The van der Waals surface area contributed by atoms with Crippen molar-refractivity contribution in [3.63, 3.8) is 0 Å². The molecular formula is C11H19N3OS. The molecule has 0 bridgehead atoms. The van der Waals surface area contributed by atoms with Crippen LogP contribution in [-0.4, -0.2) is 31.0 Å². The lowest BCUT2D eigenvalue weighted by Gasteiger charge is -2.02. The standard InChI is InChI=1S/C11H19N3OS/c1-8(2)11-14-9(7-16-11)10(15)13-6-4-5-12-3/h7-8,12H,4-6H2,1-3H3,(H,13,15). The minimum Gasteiger partial charge on any atom is -0.351 e. The molecule has 0 saturated carbocycles. The summed E-state index contributed by atoms with van der Waals surface area (Å²) in [5, 5.41) is 8.72. The highest BCUT2D eigenvalue weighted by atomic mass is 32.1. The number of nitrogens with zero attached hydrogens (tertiary/aromatic N) is 1. The summed E-state index contributed by atoms with van der Waals surface area (Å²) in [7, 11) is 1.90. The van der Waals surface area contributed by atoms with Crippen LogP contribution < -0.4 is 10.6 Å². The molecule has 5 heteroatoms. The summed E-state index contributed by atoms with van der Waals surface area (Å²) < 4.78 is 0. The summed E-state index contributed by atoms with van der Waals surface area (Å²) in [6.07, 6.45) is 0.934. The Kier molecular flexibility index (Phi) is 5.42. The highest BCUT2D eigenvalue weighted by molar-refractivity contribution is 7.09. The first kappa shape index (κ1) is 13.1. The van der Waals surface area contributed by atoms with Gasteiger partial charge in [-0.1, -0.05) is 13.8 Å². The maximum Gasteiger partial charge on any atom is 0.270 e. The SMILES string of the molecule is CNCCCNC(=O)c1csc(C(C)C)n1. The molecule has 0 radical (unpaired) electrons. The third kappa shape index (κ3) is 3.90. The zero-order valence-electron chi connectivity index (χ0n) is 10.0. The third-order valence-electron chi connectivity index (χ3n) is 2.14. The summed E-state index contributed by atoms with van der Waals surface area (Å²) in [5.74, 6) is 0.315. The van der Waals surface area contributed by atoms with E-state index in [1.165, 1.54) is 0 Å². The second-order valence-corrected chi connectivity index (χ2v) is 4.83. The van der Waals surface area contributed by atoms with Gasteiger partial charge >= 0.3 is 0 Å². The number of carbonyl (C=O) groups excluding carboxylic acids is 1. The second-order valence-electron chi connectivity index (χ2n) is 3.94. The van der Waals surface area contributed by atoms with Gasteiger partial charge in [-0.05, 0) is 20.0 Å². The maximum atomic E-state index is 11.7. The summed E-state index contributed by atoms with van der Waals surface area (Å²) >= 11 is 1.55. The van der Waals surface area contributed by atoms with Crippen molar-refractivity contribution in [1.82, 2.24) is 15.6 Å². The molecule has 4 nitrogen and oxygen atoms in total. The molecule has 16 heavy (non-hydrogen) atoms. The van der Waals surface area contributed by atoms with E-state index in [1.54, 1.807) is 11.3 Å². The van der Waals surface area contributed by atoms with Gasteiger partial charge in [-0.25, -0.2) is 4.98 Å². The molecule has 0 aliphatic carbocycles. The predicted octanol–water partition coefficient (Wildman–Crippen LogP) is 1.61. The van der Waals surface area contributed by atoms with Gasteiger partial charge in [-0.15, -0.1) is 11.3 Å². The van der Waals surface area contributed by atoms with E-state index < -0.39 is 0 Å². The molecule has 0 fully saturated rings. The van der Waals surface area contributed by atoms with Crippen molar-refractivity contribution in [2.45, 2.75) is 26.2 Å².